The normalized spacial score (nSPS) is 12.3. The number of rotatable bonds is 11. The molecule has 0 bridgehead atoms. The first-order valence-corrected chi connectivity index (χ1v) is 6.93. The number of esters is 2. The van der Waals surface area contributed by atoms with Crippen molar-refractivity contribution < 1.29 is 29.3 Å². The second-order valence-electron chi connectivity index (χ2n) is 4.71. The topological polar surface area (TPSA) is 93.1 Å². The summed E-state index contributed by atoms with van der Waals surface area (Å²) in [5.41, 5.74) is 0. The summed E-state index contributed by atoms with van der Waals surface area (Å²) in [6, 6.07) is 0. The largest absolute Gasteiger partial charge is 0.396 e. The van der Waals surface area contributed by atoms with Gasteiger partial charge in [-0.1, -0.05) is 39.3 Å². The Kier molecular flexibility index (Phi) is 9.32. The van der Waals surface area contributed by atoms with Crippen LogP contribution in [0.5, 0.6) is 0 Å². The van der Waals surface area contributed by atoms with Crippen LogP contribution in [0.2, 0.25) is 0 Å². The van der Waals surface area contributed by atoms with Gasteiger partial charge in [0.2, 0.25) is 0 Å². The first kappa shape index (κ1) is 19.3. The minimum atomic E-state index is -2.34. The summed E-state index contributed by atoms with van der Waals surface area (Å²) >= 11 is 0. The van der Waals surface area contributed by atoms with E-state index in [0.717, 1.165) is 37.8 Å². The minimum absolute atomic E-state index is 0.146. The molecule has 0 saturated carbocycles. The second-order valence-corrected chi connectivity index (χ2v) is 4.71. The fourth-order valence-corrected chi connectivity index (χ4v) is 1.69. The molecule has 0 aromatic rings. The molecule has 0 heterocycles. The van der Waals surface area contributed by atoms with E-state index in [0.29, 0.717) is 6.42 Å². The van der Waals surface area contributed by atoms with Gasteiger partial charge < -0.3 is 19.7 Å². The number of aliphatic hydroxyl groups excluding tert-OH is 1. The number of carbonyl (C=O) groups excluding carboxylic acids is 2. The third kappa shape index (κ3) is 7.63. The Morgan fingerprint density at radius 3 is 2.00 bits per heavy atom. The highest BCUT2D eigenvalue weighted by Gasteiger charge is 2.41. The maximum atomic E-state index is 11.3. The molecule has 0 aliphatic heterocycles. The molecule has 0 radical (unpaired) electrons. The summed E-state index contributed by atoms with van der Waals surface area (Å²) in [4.78, 5) is 22.5. The summed E-state index contributed by atoms with van der Waals surface area (Å²) in [5, 5.41) is 18.9. The molecule has 0 fully saturated rings. The first-order valence-electron chi connectivity index (χ1n) is 6.93. The molecule has 0 aromatic carbocycles. The highest BCUT2D eigenvalue weighted by atomic mass is 16.8. The van der Waals surface area contributed by atoms with E-state index in [-0.39, 0.29) is 6.61 Å². The fraction of sp³-hybridized carbons (Fsp3) is 0.600. The molecule has 0 aliphatic rings. The van der Waals surface area contributed by atoms with Crippen LogP contribution in [0, 0.1) is 5.92 Å². The number of carbonyl (C=O) groups is 2. The number of hydrogen-bond acceptors (Lipinski definition) is 6. The molecule has 6 nitrogen and oxygen atoms in total. The molecule has 0 rings (SSSR count). The van der Waals surface area contributed by atoms with Crippen LogP contribution < -0.4 is 0 Å². The van der Waals surface area contributed by atoms with Gasteiger partial charge in [0.15, 0.2) is 0 Å². The molecule has 0 aliphatic carbocycles. The lowest BCUT2D eigenvalue weighted by molar-refractivity contribution is -0.345. The Bertz CT molecular complexity index is 341. The summed E-state index contributed by atoms with van der Waals surface area (Å²) < 4.78 is 9.53. The SMILES string of the molecule is C=CC(=O)OC(O)(OC(=O)C=C)C(C)CCCCCCO. The van der Waals surface area contributed by atoms with Crippen LogP contribution >= 0.6 is 0 Å². The van der Waals surface area contributed by atoms with Gasteiger partial charge in [-0.05, 0) is 12.8 Å². The molecular weight excluding hydrogens is 276 g/mol. The highest BCUT2D eigenvalue weighted by Crippen LogP contribution is 2.26. The van der Waals surface area contributed by atoms with E-state index in [1.54, 1.807) is 6.92 Å². The van der Waals surface area contributed by atoms with Gasteiger partial charge in [-0.25, -0.2) is 9.59 Å². The minimum Gasteiger partial charge on any atom is -0.396 e. The van der Waals surface area contributed by atoms with Crippen molar-refractivity contribution in [2.45, 2.75) is 45.0 Å². The van der Waals surface area contributed by atoms with Crippen LogP contribution in [0.4, 0.5) is 0 Å². The van der Waals surface area contributed by atoms with E-state index in [4.69, 9.17) is 14.6 Å². The zero-order chi connectivity index (χ0) is 16.3. The molecule has 6 heteroatoms. The molecule has 0 aromatic heterocycles. The third-order valence-electron chi connectivity index (χ3n) is 2.99. The van der Waals surface area contributed by atoms with Gasteiger partial charge in [0.05, 0.1) is 5.92 Å². The van der Waals surface area contributed by atoms with Gasteiger partial charge in [0, 0.05) is 18.8 Å². The molecule has 21 heavy (non-hydrogen) atoms. The smallest absolute Gasteiger partial charge is 0.376 e. The van der Waals surface area contributed by atoms with E-state index in [9.17, 15) is 14.7 Å². The average Bonchev–Trinajstić information content (AvgIpc) is 2.46. The van der Waals surface area contributed by atoms with Gasteiger partial charge in [-0.15, -0.1) is 0 Å². The van der Waals surface area contributed by atoms with E-state index >= 15 is 0 Å². The van der Waals surface area contributed by atoms with Gasteiger partial charge in [0.1, 0.15) is 0 Å². The number of unbranched alkanes of at least 4 members (excludes halogenated alkanes) is 3. The summed E-state index contributed by atoms with van der Waals surface area (Å²) in [7, 11) is 0. The van der Waals surface area contributed by atoms with Crippen molar-refractivity contribution in [3.05, 3.63) is 25.3 Å². The van der Waals surface area contributed by atoms with Crippen molar-refractivity contribution in [3.8, 4) is 0 Å². The average molecular weight is 300 g/mol. The maximum absolute atomic E-state index is 11.3. The summed E-state index contributed by atoms with van der Waals surface area (Å²) in [5.74, 6) is -4.73. The molecule has 1 unspecified atom stereocenters. The predicted molar refractivity (Wildman–Crippen MR) is 76.9 cm³/mol. The standard InChI is InChI=1S/C15H24O6/c1-4-13(17)20-15(19,21-14(18)5-2)12(3)10-8-6-7-9-11-16/h4-5,12,16,19H,1-2,6-11H2,3H3. The van der Waals surface area contributed by atoms with Crippen molar-refractivity contribution in [2.24, 2.45) is 5.92 Å². The molecule has 120 valence electrons. The number of aliphatic hydroxyl groups is 2. The second kappa shape index (κ2) is 10.1. The molecular formula is C15H24O6. The predicted octanol–water partition coefficient (Wildman–Crippen LogP) is 1.67. The Hall–Kier alpha value is -1.66. The van der Waals surface area contributed by atoms with Crippen molar-refractivity contribution in [2.75, 3.05) is 6.61 Å². The molecule has 2 N–H and O–H groups in total. The maximum Gasteiger partial charge on any atom is 0.376 e. The Morgan fingerprint density at radius 1 is 1.10 bits per heavy atom. The van der Waals surface area contributed by atoms with Crippen LogP contribution in [-0.2, 0) is 19.1 Å². The van der Waals surface area contributed by atoms with E-state index in [1.165, 1.54) is 0 Å². The van der Waals surface area contributed by atoms with Crippen molar-refractivity contribution in [1.82, 2.24) is 0 Å². The Balaban J connectivity index is 4.61. The van der Waals surface area contributed by atoms with Gasteiger partial charge in [0.25, 0.3) is 0 Å². The Morgan fingerprint density at radius 2 is 1.57 bits per heavy atom. The molecule has 0 amide bonds. The lowest BCUT2D eigenvalue weighted by Crippen LogP contribution is -2.45. The number of ether oxygens (including phenoxy) is 2. The van der Waals surface area contributed by atoms with E-state index in [2.05, 4.69) is 13.2 Å². The summed E-state index contributed by atoms with van der Waals surface area (Å²) in [6.45, 7) is 8.21. The van der Waals surface area contributed by atoms with Crippen LogP contribution in [0.15, 0.2) is 25.3 Å². The summed E-state index contributed by atoms with van der Waals surface area (Å²) in [6.07, 6.45) is 5.40. The van der Waals surface area contributed by atoms with Gasteiger partial charge >= 0.3 is 17.9 Å². The lowest BCUT2D eigenvalue weighted by atomic mass is 10.00. The zero-order valence-electron chi connectivity index (χ0n) is 12.4. The lowest BCUT2D eigenvalue weighted by Gasteiger charge is -2.31. The van der Waals surface area contributed by atoms with E-state index < -0.39 is 23.8 Å². The van der Waals surface area contributed by atoms with Crippen LogP contribution in [0.25, 0.3) is 0 Å². The van der Waals surface area contributed by atoms with Crippen LogP contribution in [0.1, 0.15) is 39.0 Å². The first-order chi connectivity index (χ1) is 9.89. The van der Waals surface area contributed by atoms with E-state index in [1.807, 2.05) is 0 Å². The van der Waals surface area contributed by atoms with Gasteiger partial charge in [-0.2, -0.15) is 0 Å². The Labute approximate surface area is 125 Å². The van der Waals surface area contributed by atoms with Crippen LogP contribution in [0.3, 0.4) is 0 Å². The number of hydrogen-bond donors (Lipinski definition) is 2. The van der Waals surface area contributed by atoms with Crippen molar-refractivity contribution in [1.29, 1.82) is 0 Å². The van der Waals surface area contributed by atoms with Crippen molar-refractivity contribution >= 4 is 11.9 Å². The van der Waals surface area contributed by atoms with Gasteiger partial charge in [-0.3, -0.25) is 0 Å². The van der Waals surface area contributed by atoms with Crippen molar-refractivity contribution in [3.63, 3.8) is 0 Å². The quantitative estimate of drug-likeness (QED) is 0.261. The molecule has 0 saturated heterocycles. The molecule has 0 spiro atoms. The monoisotopic (exact) mass is 300 g/mol. The van der Waals surface area contributed by atoms with Crippen LogP contribution in [-0.4, -0.2) is 34.7 Å². The fourth-order valence-electron chi connectivity index (χ4n) is 1.69. The third-order valence-corrected chi connectivity index (χ3v) is 2.99. The highest BCUT2D eigenvalue weighted by molar-refractivity contribution is 5.83. The molecule has 1 atom stereocenters. The zero-order valence-corrected chi connectivity index (χ0v) is 12.4.